The molecule has 1 N–H and O–H groups in total. The third kappa shape index (κ3) is 4.74. The van der Waals surface area contributed by atoms with Crippen molar-refractivity contribution in [3.8, 4) is 11.3 Å². The maximum atomic E-state index is 12.9. The number of nitrogens with one attached hydrogen (secondary N) is 1. The number of carbonyl (C=O) groups is 1. The number of rotatable bonds is 6. The molecule has 0 saturated heterocycles. The molecule has 0 bridgehead atoms. The first kappa shape index (κ1) is 20.8. The topological polar surface area (TPSA) is 89.3 Å². The first-order chi connectivity index (χ1) is 13.7. The third-order valence-corrected chi connectivity index (χ3v) is 6.69. The lowest BCUT2D eigenvalue weighted by molar-refractivity contribution is -0.115. The summed E-state index contributed by atoms with van der Waals surface area (Å²) in [6, 6.07) is 12.5. The molecule has 0 unspecified atom stereocenters. The molecule has 3 aromatic rings. The number of amides is 1. The van der Waals surface area contributed by atoms with Crippen LogP contribution in [0.3, 0.4) is 0 Å². The van der Waals surface area contributed by atoms with Gasteiger partial charge >= 0.3 is 0 Å². The molecule has 152 valence electrons. The second-order valence-corrected chi connectivity index (χ2v) is 9.27. The van der Waals surface area contributed by atoms with Crippen LogP contribution in [0.15, 0.2) is 51.9 Å². The molecule has 3 rings (SSSR count). The van der Waals surface area contributed by atoms with Gasteiger partial charge < -0.3 is 9.84 Å². The van der Waals surface area contributed by atoms with Gasteiger partial charge in [0.05, 0.1) is 16.3 Å². The Balaban J connectivity index is 1.77. The Labute approximate surface area is 170 Å². The zero-order valence-corrected chi connectivity index (χ0v) is 17.8. The predicted molar refractivity (Wildman–Crippen MR) is 113 cm³/mol. The van der Waals surface area contributed by atoms with Gasteiger partial charge in [-0.25, -0.2) is 8.42 Å². The minimum atomic E-state index is -3.65. The minimum absolute atomic E-state index is 0.125. The summed E-state index contributed by atoms with van der Waals surface area (Å²) in [5.74, 6) is -0.0607. The van der Waals surface area contributed by atoms with E-state index in [0.717, 1.165) is 16.8 Å². The summed E-state index contributed by atoms with van der Waals surface area (Å²) in [5.41, 5.74) is 4.58. The lowest BCUT2D eigenvalue weighted by Crippen LogP contribution is -2.18. The van der Waals surface area contributed by atoms with Crippen LogP contribution in [-0.4, -0.2) is 25.2 Å². The van der Waals surface area contributed by atoms with Gasteiger partial charge in [-0.2, -0.15) is 0 Å². The van der Waals surface area contributed by atoms with Crippen molar-refractivity contribution < 1.29 is 17.7 Å². The molecule has 1 aromatic heterocycles. The monoisotopic (exact) mass is 412 g/mol. The number of benzene rings is 2. The number of hydrogen-bond acceptors (Lipinski definition) is 5. The second kappa shape index (κ2) is 8.21. The minimum Gasteiger partial charge on any atom is -0.356 e. The van der Waals surface area contributed by atoms with Crippen LogP contribution in [0.5, 0.6) is 0 Å². The Morgan fingerprint density at radius 2 is 1.83 bits per heavy atom. The number of aromatic nitrogens is 1. The molecule has 0 radical (unpaired) electrons. The maximum Gasteiger partial charge on any atom is 0.225 e. The zero-order chi connectivity index (χ0) is 21.2. The Morgan fingerprint density at radius 3 is 2.48 bits per heavy atom. The maximum absolute atomic E-state index is 12.9. The van der Waals surface area contributed by atoms with E-state index in [4.69, 9.17) is 4.52 Å². The van der Waals surface area contributed by atoms with Gasteiger partial charge in [-0.1, -0.05) is 29.4 Å². The first-order valence-corrected chi connectivity index (χ1v) is 11.0. The van der Waals surface area contributed by atoms with Crippen LogP contribution in [0.4, 0.5) is 5.69 Å². The lowest BCUT2D eigenvalue weighted by Gasteiger charge is -2.10. The fraction of sp³-hybridized carbons (Fsp3) is 0.273. The summed E-state index contributed by atoms with van der Waals surface area (Å²) in [4.78, 5) is 12.4. The van der Waals surface area contributed by atoms with Crippen molar-refractivity contribution in [3.63, 3.8) is 0 Å². The molecule has 7 heteroatoms. The number of hydrogen-bond donors (Lipinski definition) is 1. The van der Waals surface area contributed by atoms with E-state index in [2.05, 4.69) is 10.5 Å². The summed E-state index contributed by atoms with van der Waals surface area (Å²) >= 11 is 0. The van der Waals surface area contributed by atoms with Crippen molar-refractivity contribution >= 4 is 21.4 Å². The van der Waals surface area contributed by atoms with Crippen LogP contribution < -0.4 is 5.32 Å². The van der Waals surface area contributed by atoms with Gasteiger partial charge in [0.15, 0.2) is 15.6 Å². The van der Waals surface area contributed by atoms with E-state index in [-0.39, 0.29) is 23.0 Å². The van der Waals surface area contributed by atoms with Gasteiger partial charge in [0.1, 0.15) is 0 Å². The fourth-order valence-corrected chi connectivity index (χ4v) is 4.58. The highest BCUT2D eigenvalue weighted by Gasteiger charge is 2.21. The van der Waals surface area contributed by atoms with Crippen molar-refractivity contribution in [2.75, 3.05) is 11.1 Å². The van der Waals surface area contributed by atoms with Gasteiger partial charge in [-0.05, 0) is 57.0 Å². The summed E-state index contributed by atoms with van der Waals surface area (Å²) in [6.07, 6.45) is -0.125. The molecular weight excluding hydrogens is 388 g/mol. The van der Waals surface area contributed by atoms with E-state index < -0.39 is 9.84 Å². The van der Waals surface area contributed by atoms with Gasteiger partial charge in [0.2, 0.25) is 5.91 Å². The van der Waals surface area contributed by atoms with E-state index in [9.17, 15) is 13.2 Å². The van der Waals surface area contributed by atoms with Gasteiger partial charge in [-0.3, -0.25) is 4.79 Å². The predicted octanol–water partition coefficient (Wildman–Crippen LogP) is 4.38. The molecule has 29 heavy (non-hydrogen) atoms. The lowest BCUT2D eigenvalue weighted by atomic mass is 10.1. The van der Waals surface area contributed by atoms with Crippen LogP contribution in [0.1, 0.15) is 28.8 Å². The number of sulfone groups is 1. The van der Waals surface area contributed by atoms with Crippen molar-refractivity contribution in [3.05, 3.63) is 64.8 Å². The molecule has 1 heterocycles. The molecule has 0 spiro atoms. The van der Waals surface area contributed by atoms with E-state index in [1.54, 1.807) is 25.1 Å². The highest BCUT2D eigenvalue weighted by Crippen LogP contribution is 2.29. The summed E-state index contributed by atoms with van der Waals surface area (Å²) < 4.78 is 31.2. The number of nitrogens with zero attached hydrogens (tertiary/aromatic N) is 1. The summed E-state index contributed by atoms with van der Waals surface area (Å²) in [7, 11) is -3.65. The summed E-state index contributed by atoms with van der Waals surface area (Å²) in [6.45, 7) is 7.38. The van der Waals surface area contributed by atoms with E-state index >= 15 is 0 Å². The fourth-order valence-electron chi connectivity index (χ4n) is 3.04. The Hall–Kier alpha value is -2.93. The van der Waals surface area contributed by atoms with Crippen molar-refractivity contribution in [2.45, 2.75) is 39.0 Å². The van der Waals surface area contributed by atoms with E-state index in [1.165, 1.54) is 0 Å². The standard InChI is InChI=1S/C22H24N2O4S/c1-14-6-5-7-19(12-14)23-21(25)10-11-29(26,27)20-13-18(9-8-15(20)2)22-16(3)17(4)24-28-22/h5-9,12-13H,10-11H2,1-4H3,(H,23,25). The van der Waals surface area contributed by atoms with Crippen molar-refractivity contribution in [2.24, 2.45) is 0 Å². The largest absolute Gasteiger partial charge is 0.356 e. The Bertz CT molecular complexity index is 1160. The molecule has 0 fully saturated rings. The normalized spacial score (nSPS) is 11.4. The Morgan fingerprint density at radius 1 is 1.07 bits per heavy atom. The SMILES string of the molecule is Cc1cccc(NC(=O)CCS(=O)(=O)c2cc(-c3onc(C)c3C)ccc2C)c1. The number of aryl methyl sites for hydroxylation is 3. The van der Waals surface area contributed by atoms with Crippen molar-refractivity contribution in [1.82, 2.24) is 5.16 Å². The molecule has 0 aliphatic rings. The van der Waals surface area contributed by atoms with Crippen molar-refractivity contribution in [1.29, 1.82) is 0 Å². The molecule has 6 nitrogen and oxygen atoms in total. The van der Waals surface area contributed by atoms with Crippen LogP contribution >= 0.6 is 0 Å². The van der Waals surface area contributed by atoms with Gasteiger partial charge in [0, 0.05) is 23.2 Å². The average molecular weight is 413 g/mol. The summed E-state index contributed by atoms with van der Waals surface area (Å²) in [5, 5.41) is 6.68. The highest BCUT2D eigenvalue weighted by molar-refractivity contribution is 7.91. The number of anilines is 1. The molecule has 2 aromatic carbocycles. The molecule has 0 saturated carbocycles. The van der Waals surface area contributed by atoms with Crippen LogP contribution in [0.2, 0.25) is 0 Å². The molecular formula is C22H24N2O4S. The molecule has 0 aliphatic carbocycles. The quantitative estimate of drug-likeness (QED) is 0.649. The smallest absolute Gasteiger partial charge is 0.225 e. The third-order valence-electron chi connectivity index (χ3n) is 4.84. The van der Waals surface area contributed by atoms with E-state index in [1.807, 2.05) is 45.0 Å². The molecule has 0 atom stereocenters. The molecule has 0 aliphatic heterocycles. The van der Waals surface area contributed by atoms with Crippen LogP contribution in [0.25, 0.3) is 11.3 Å². The highest BCUT2D eigenvalue weighted by atomic mass is 32.2. The van der Waals surface area contributed by atoms with Crippen LogP contribution in [-0.2, 0) is 14.6 Å². The van der Waals surface area contributed by atoms with E-state index in [0.29, 0.717) is 22.6 Å². The zero-order valence-electron chi connectivity index (χ0n) is 16.9. The average Bonchev–Trinajstić information content (AvgIpc) is 2.99. The second-order valence-electron chi connectivity index (χ2n) is 7.19. The van der Waals surface area contributed by atoms with Gasteiger partial charge in [-0.15, -0.1) is 0 Å². The molecule has 1 amide bonds. The first-order valence-electron chi connectivity index (χ1n) is 9.30. The Kier molecular flexibility index (Phi) is 5.88. The van der Waals surface area contributed by atoms with Gasteiger partial charge in [0.25, 0.3) is 0 Å². The number of carbonyl (C=O) groups excluding carboxylic acids is 1. The van der Waals surface area contributed by atoms with Crippen LogP contribution in [0, 0.1) is 27.7 Å².